The van der Waals surface area contributed by atoms with Crippen molar-refractivity contribution in [2.45, 2.75) is 52.0 Å². The van der Waals surface area contributed by atoms with Crippen LogP contribution in [0.25, 0.3) is 0 Å². The Hall–Kier alpha value is -0.820. The normalized spacial score (nSPS) is 13.9. The van der Waals surface area contributed by atoms with Crippen LogP contribution < -0.4 is 5.73 Å². The summed E-state index contributed by atoms with van der Waals surface area (Å²) in [6, 6.07) is 9.13. The molecule has 0 aliphatic heterocycles. The summed E-state index contributed by atoms with van der Waals surface area (Å²) in [5.41, 5.74) is 8.81. The molecule has 15 heavy (non-hydrogen) atoms. The summed E-state index contributed by atoms with van der Waals surface area (Å²) in [5, 5.41) is 0. The Bertz CT molecular complexity index is 296. The second-order valence-corrected chi connectivity index (χ2v) is 5.12. The summed E-state index contributed by atoms with van der Waals surface area (Å²) >= 11 is 0. The van der Waals surface area contributed by atoms with Crippen LogP contribution in [-0.4, -0.2) is 6.04 Å². The van der Waals surface area contributed by atoms with Gasteiger partial charge in [0, 0.05) is 6.04 Å². The van der Waals surface area contributed by atoms with Crippen molar-refractivity contribution in [1.82, 2.24) is 0 Å². The third-order valence-electron chi connectivity index (χ3n) is 3.18. The molecule has 1 nitrogen and oxygen atoms in total. The summed E-state index contributed by atoms with van der Waals surface area (Å²) < 4.78 is 0. The molecule has 84 valence electrons. The Balaban J connectivity index is 2.81. The van der Waals surface area contributed by atoms with Gasteiger partial charge in [-0.25, -0.2) is 0 Å². The first-order chi connectivity index (χ1) is 6.95. The number of rotatable bonds is 4. The fraction of sp³-hybridized carbons (Fsp3) is 0.571. The smallest absolute Gasteiger partial charge is 0.00509 e. The average Bonchev–Trinajstić information content (AvgIpc) is 2.18. The van der Waals surface area contributed by atoms with Crippen LogP contribution in [0.1, 0.15) is 45.2 Å². The molecule has 2 N–H and O–H groups in total. The first kappa shape index (κ1) is 12.3. The first-order valence-electron chi connectivity index (χ1n) is 5.80. The zero-order valence-corrected chi connectivity index (χ0v) is 10.4. The lowest BCUT2D eigenvalue weighted by atomic mass is 9.82. The minimum atomic E-state index is 0.245. The molecule has 0 aliphatic carbocycles. The van der Waals surface area contributed by atoms with E-state index in [0.29, 0.717) is 0 Å². The fourth-order valence-corrected chi connectivity index (χ4v) is 1.67. The van der Waals surface area contributed by atoms with Gasteiger partial charge in [-0.2, -0.15) is 0 Å². The van der Waals surface area contributed by atoms with Crippen molar-refractivity contribution in [3.8, 4) is 0 Å². The maximum Gasteiger partial charge on any atom is 0.00509 e. The Morgan fingerprint density at radius 3 is 2.13 bits per heavy atom. The summed E-state index contributed by atoms with van der Waals surface area (Å²) in [4.78, 5) is 0. The van der Waals surface area contributed by atoms with Gasteiger partial charge in [0.05, 0.1) is 0 Å². The standard InChI is InChI=1S/C14H23N/c1-5-14(3,4)13-8-6-12(7-9-13)10-11(2)15/h6-9,11H,5,10,15H2,1-4H3. The van der Waals surface area contributed by atoms with Crippen LogP contribution in [0.15, 0.2) is 24.3 Å². The molecule has 1 unspecified atom stereocenters. The van der Waals surface area contributed by atoms with Crippen LogP contribution in [0, 0.1) is 0 Å². The Labute approximate surface area is 93.7 Å². The summed E-state index contributed by atoms with van der Waals surface area (Å²) in [5.74, 6) is 0. The second kappa shape index (κ2) is 4.80. The van der Waals surface area contributed by atoms with Gasteiger partial charge < -0.3 is 5.73 Å². The van der Waals surface area contributed by atoms with Crippen molar-refractivity contribution in [2.75, 3.05) is 0 Å². The third-order valence-corrected chi connectivity index (χ3v) is 3.18. The minimum Gasteiger partial charge on any atom is -0.328 e. The molecule has 0 saturated heterocycles. The van der Waals surface area contributed by atoms with Crippen molar-refractivity contribution in [3.63, 3.8) is 0 Å². The van der Waals surface area contributed by atoms with E-state index in [1.54, 1.807) is 0 Å². The molecule has 0 radical (unpaired) electrons. The van der Waals surface area contributed by atoms with Crippen LogP contribution in [-0.2, 0) is 11.8 Å². The van der Waals surface area contributed by atoms with E-state index >= 15 is 0 Å². The topological polar surface area (TPSA) is 26.0 Å². The van der Waals surface area contributed by atoms with Gasteiger partial charge in [0.25, 0.3) is 0 Å². The number of hydrogen-bond donors (Lipinski definition) is 1. The Kier molecular flexibility index (Phi) is 3.92. The van der Waals surface area contributed by atoms with Crippen molar-refractivity contribution in [2.24, 2.45) is 5.73 Å². The molecular formula is C14H23N. The second-order valence-electron chi connectivity index (χ2n) is 5.12. The predicted molar refractivity (Wildman–Crippen MR) is 67.1 cm³/mol. The van der Waals surface area contributed by atoms with Crippen molar-refractivity contribution in [3.05, 3.63) is 35.4 Å². The van der Waals surface area contributed by atoms with Crippen molar-refractivity contribution >= 4 is 0 Å². The van der Waals surface area contributed by atoms with Crippen molar-refractivity contribution < 1.29 is 0 Å². The summed E-state index contributed by atoms with van der Waals surface area (Å²) in [7, 11) is 0. The van der Waals surface area contributed by atoms with Gasteiger partial charge in [-0.05, 0) is 36.3 Å². The van der Waals surface area contributed by atoms with E-state index in [2.05, 4.69) is 45.0 Å². The molecule has 1 atom stereocenters. The lowest BCUT2D eigenvalue weighted by Crippen LogP contribution is -2.18. The first-order valence-corrected chi connectivity index (χ1v) is 5.80. The molecule has 0 bridgehead atoms. The molecule has 1 aromatic rings. The highest BCUT2D eigenvalue weighted by molar-refractivity contribution is 5.28. The van der Waals surface area contributed by atoms with Gasteiger partial charge in [0.2, 0.25) is 0 Å². The molecule has 0 spiro atoms. The highest BCUT2D eigenvalue weighted by Gasteiger charge is 2.17. The molecule has 0 aliphatic rings. The van der Waals surface area contributed by atoms with Gasteiger partial charge in [0.15, 0.2) is 0 Å². The monoisotopic (exact) mass is 205 g/mol. The van der Waals surface area contributed by atoms with E-state index in [4.69, 9.17) is 5.73 Å². The summed E-state index contributed by atoms with van der Waals surface area (Å²) in [6.07, 6.45) is 2.13. The molecule has 0 amide bonds. The number of hydrogen-bond acceptors (Lipinski definition) is 1. The van der Waals surface area contributed by atoms with Gasteiger partial charge in [-0.1, -0.05) is 45.0 Å². The highest BCUT2D eigenvalue weighted by atomic mass is 14.6. The van der Waals surface area contributed by atoms with Crippen LogP contribution in [0.5, 0.6) is 0 Å². The van der Waals surface area contributed by atoms with Crippen LogP contribution >= 0.6 is 0 Å². The van der Waals surface area contributed by atoms with Crippen LogP contribution in [0.2, 0.25) is 0 Å². The fourth-order valence-electron chi connectivity index (χ4n) is 1.67. The molecular weight excluding hydrogens is 182 g/mol. The molecule has 1 aromatic carbocycles. The largest absolute Gasteiger partial charge is 0.328 e. The quantitative estimate of drug-likeness (QED) is 0.802. The molecule has 0 heterocycles. The Morgan fingerprint density at radius 2 is 1.73 bits per heavy atom. The lowest BCUT2D eigenvalue weighted by Gasteiger charge is -2.23. The van der Waals surface area contributed by atoms with E-state index in [1.807, 2.05) is 6.92 Å². The maximum atomic E-state index is 5.77. The predicted octanol–water partition coefficient (Wildman–Crippen LogP) is 3.26. The zero-order valence-electron chi connectivity index (χ0n) is 10.4. The van der Waals surface area contributed by atoms with Gasteiger partial charge >= 0.3 is 0 Å². The van der Waals surface area contributed by atoms with Gasteiger partial charge in [-0.15, -0.1) is 0 Å². The van der Waals surface area contributed by atoms with E-state index in [-0.39, 0.29) is 11.5 Å². The SMILES string of the molecule is CCC(C)(C)c1ccc(CC(C)N)cc1. The van der Waals surface area contributed by atoms with E-state index < -0.39 is 0 Å². The van der Waals surface area contributed by atoms with E-state index in [9.17, 15) is 0 Å². The zero-order chi connectivity index (χ0) is 11.5. The minimum absolute atomic E-state index is 0.245. The van der Waals surface area contributed by atoms with Gasteiger partial charge in [0.1, 0.15) is 0 Å². The molecule has 1 rings (SSSR count). The molecule has 0 fully saturated rings. The highest BCUT2D eigenvalue weighted by Crippen LogP contribution is 2.26. The van der Waals surface area contributed by atoms with Crippen LogP contribution in [0.4, 0.5) is 0 Å². The van der Waals surface area contributed by atoms with Crippen molar-refractivity contribution in [1.29, 1.82) is 0 Å². The average molecular weight is 205 g/mol. The molecule has 0 aromatic heterocycles. The Morgan fingerprint density at radius 1 is 1.20 bits per heavy atom. The molecule has 0 saturated carbocycles. The van der Waals surface area contributed by atoms with E-state index in [1.165, 1.54) is 17.5 Å². The maximum absolute atomic E-state index is 5.77. The number of nitrogens with two attached hydrogens (primary N) is 1. The summed E-state index contributed by atoms with van der Waals surface area (Å²) in [6.45, 7) is 8.85. The number of benzene rings is 1. The van der Waals surface area contributed by atoms with Crippen LogP contribution in [0.3, 0.4) is 0 Å². The molecule has 1 heteroatoms. The lowest BCUT2D eigenvalue weighted by molar-refractivity contribution is 0.506. The third kappa shape index (κ3) is 3.35. The van der Waals surface area contributed by atoms with E-state index in [0.717, 1.165) is 6.42 Å². The van der Waals surface area contributed by atoms with Gasteiger partial charge in [-0.3, -0.25) is 0 Å².